The van der Waals surface area contributed by atoms with Crippen molar-refractivity contribution >= 4 is 15.7 Å². The Labute approximate surface area is 199 Å². The summed E-state index contributed by atoms with van der Waals surface area (Å²) in [6.45, 7) is 2.04. The van der Waals surface area contributed by atoms with Crippen LogP contribution in [0.2, 0.25) is 0 Å². The molecule has 3 aromatic carbocycles. The fourth-order valence-corrected chi connectivity index (χ4v) is 4.53. The van der Waals surface area contributed by atoms with Gasteiger partial charge in [0, 0.05) is 12.1 Å². The maximum absolute atomic E-state index is 11.6. The lowest BCUT2D eigenvalue weighted by molar-refractivity contribution is 0.129. The van der Waals surface area contributed by atoms with Gasteiger partial charge in [-0.05, 0) is 54.3 Å². The van der Waals surface area contributed by atoms with Gasteiger partial charge in [0.1, 0.15) is 5.75 Å². The number of ether oxygens (including phenoxy) is 2. The van der Waals surface area contributed by atoms with Crippen LogP contribution in [0.25, 0.3) is 0 Å². The average Bonchev–Trinajstić information content (AvgIpc) is 3.27. The molecule has 34 heavy (non-hydrogen) atoms. The van der Waals surface area contributed by atoms with Gasteiger partial charge in [-0.15, -0.1) is 0 Å². The number of hydrogen-bond acceptors (Lipinski definition) is 7. The number of aromatic hydroxyl groups is 1. The molecule has 3 atom stereocenters. The van der Waals surface area contributed by atoms with Gasteiger partial charge in [-0.2, -0.15) is 0 Å². The molecule has 0 radical (unpaired) electrons. The Hall–Kier alpha value is -3.27. The molecule has 0 aromatic heterocycles. The number of benzene rings is 3. The molecule has 4 rings (SSSR count). The predicted molar refractivity (Wildman–Crippen MR) is 130 cm³/mol. The van der Waals surface area contributed by atoms with Crippen LogP contribution < -0.4 is 19.5 Å². The minimum Gasteiger partial charge on any atom is -0.506 e. The molecule has 180 valence electrons. The van der Waals surface area contributed by atoms with Crippen molar-refractivity contribution in [3.8, 4) is 17.2 Å². The molecule has 0 saturated heterocycles. The van der Waals surface area contributed by atoms with E-state index in [-0.39, 0.29) is 24.3 Å². The van der Waals surface area contributed by atoms with E-state index in [4.69, 9.17) is 9.47 Å². The number of aliphatic hydroxyl groups is 1. The van der Waals surface area contributed by atoms with Gasteiger partial charge in [-0.1, -0.05) is 42.5 Å². The number of aliphatic hydroxyl groups excluding tert-OH is 1. The molecule has 4 N–H and O–H groups in total. The molecule has 9 heteroatoms. The number of rotatable bonds is 9. The molecule has 1 aliphatic heterocycles. The van der Waals surface area contributed by atoms with E-state index in [1.54, 1.807) is 6.07 Å². The SMILES string of the molecule is C[C@@H](N[C@H](Cc1ccccc1)c1ccc2c(c1)OCO2)[C@@H](O)c1ccc(O)c(NS(C)(=O)=O)c1. The minimum atomic E-state index is -3.59. The number of phenols is 1. The first-order chi connectivity index (χ1) is 16.2. The number of hydrogen-bond donors (Lipinski definition) is 4. The molecule has 0 amide bonds. The molecule has 0 spiro atoms. The van der Waals surface area contributed by atoms with Crippen molar-refractivity contribution < 1.29 is 28.1 Å². The molecular weight excluding hydrogens is 456 g/mol. The smallest absolute Gasteiger partial charge is 0.231 e. The first-order valence-electron chi connectivity index (χ1n) is 10.9. The van der Waals surface area contributed by atoms with E-state index in [1.165, 1.54) is 12.1 Å². The second-order valence-electron chi connectivity index (χ2n) is 8.41. The van der Waals surface area contributed by atoms with Crippen LogP contribution in [0.15, 0.2) is 66.7 Å². The first-order valence-corrected chi connectivity index (χ1v) is 12.8. The minimum absolute atomic E-state index is 0.0165. The second kappa shape index (κ2) is 9.92. The zero-order valence-corrected chi connectivity index (χ0v) is 19.7. The highest BCUT2D eigenvalue weighted by atomic mass is 32.2. The normalized spacial score (nSPS) is 15.5. The van der Waals surface area contributed by atoms with Gasteiger partial charge in [0.15, 0.2) is 11.5 Å². The van der Waals surface area contributed by atoms with Gasteiger partial charge < -0.3 is 25.0 Å². The van der Waals surface area contributed by atoms with E-state index in [2.05, 4.69) is 10.0 Å². The second-order valence-corrected chi connectivity index (χ2v) is 10.2. The first kappa shape index (κ1) is 23.9. The van der Waals surface area contributed by atoms with Crippen LogP contribution in [0.3, 0.4) is 0 Å². The topological polar surface area (TPSA) is 117 Å². The fourth-order valence-electron chi connectivity index (χ4n) is 3.97. The third-order valence-corrected chi connectivity index (χ3v) is 6.27. The summed E-state index contributed by atoms with van der Waals surface area (Å²) in [5.41, 5.74) is 2.59. The number of phenolic OH excluding ortho intramolecular Hbond substituents is 1. The van der Waals surface area contributed by atoms with Crippen molar-refractivity contribution in [2.24, 2.45) is 0 Å². The van der Waals surface area contributed by atoms with Crippen LogP contribution in [-0.4, -0.2) is 37.7 Å². The highest BCUT2D eigenvalue weighted by molar-refractivity contribution is 7.92. The standard InChI is InChI=1S/C25H28N2O6S/c1-16(25(29)19-8-10-22(28)21(13-19)27-34(2,30)31)26-20(12-17-6-4-3-5-7-17)18-9-11-23-24(14-18)33-15-32-23/h3-11,13-14,16,20,25-29H,12,15H2,1-2H3/t16-,20-,25-/m1/s1. The van der Waals surface area contributed by atoms with E-state index in [1.807, 2.05) is 55.5 Å². The van der Waals surface area contributed by atoms with Crippen molar-refractivity contribution in [3.63, 3.8) is 0 Å². The Morgan fingerprint density at radius 3 is 2.41 bits per heavy atom. The van der Waals surface area contributed by atoms with Crippen molar-refractivity contribution in [3.05, 3.63) is 83.4 Å². The van der Waals surface area contributed by atoms with Gasteiger partial charge in [-0.3, -0.25) is 4.72 Å². The zero-order chi connectivity index (χ0) is 24.3. The van der Waals surface area contributed by atoms with Crippen molar-refractivity contribution in [2.75, 3.05) is 17.8 Å². The number of anilines is 1. The molecule has 0 unspecified atom stereocenters. The summed E-state index contributed by atoms with van der Waals surface area (Å²) in [6.07, 6.45) is 0.709. The van der Waals surface area contributed by atoms with Crippen LogP contribution >= 0.6 is 0 Å². The van der Waals surface area contributed by atoms with Crippen molar-refractivity contribution in [2.45, 2.75) is 31.5 Å². The maximum atomic E-state index is 11.6. The molecule has 0 fully saturated rings. The Morgan fingerprint density at radius 2 is 1.68 bits per heavy atom. The molecule has 0 bridgehead atoms. The van der Waals surface area contributed by atoms with Gasteiger partial charge in [0.05, 0.1) is 18.0 Å². The van der Waals surface area contributed by atoms with E-state index in [9.17, 15) is 18.6 Å². The van der Waals surface area contributed by atoms with E-state index < -0.39 is 22.2 Å². The number of sulfonamides is 1. The van der Waals surface area contributed by atoms with Gasteiger partial charge >= 0.3 is 0 Å². The van der Waals surface area contributed by atoms with Crippen LogP contribution in [0.1, 0.15) is 35.8 Å². The summed E-state index contributed by atoms with van der Waals surface area (Å²) in [7, 11) is -3.59. The Bertz CT molecular complexity index is 1250. The quantitative estimate of drug-likeness (QED) is 0.344. The highest BCUT2D eigenvalue weighted by Crippen LogP contribution is 2.36. The summed E-state index contributed by atoms with van der Waals surface area (Å²) in [4.78, 5) is 0. The summed E-state index contributed by atoms with van der Waals surface area (Å²) >= 11 is 0. The molecule has 3 aromatic rings. The van der Waals surface area contributed by atoms with Gasteiger partial charge in [0.25, 0.3) is 0 Å². The molecule has 1 aliphatic rings. The Kier molecular flexibility index (Phi) is 6.97. The highest BCUT2D eigenvalue weighted by Gasteiger charge is 2.24. The van der Waals surface area contributed by atoms with Crippen LogP contribution in [0.4, 0.5) is 5.69 Å². The van der Waals surface area contributed by atoms with Gasteiger partial charge in [-0.25, -0.2) is 8.42 Å². The average molecular weight is 485 g/mol. The third kappa shape index (κ3) is 5.80. The van der Waals surface area contributed by atoms with E-state index in [0.717, 1.165) is 17.4 Å². The summed E-state index contributed by atoms with van der Waals surface area (Å²) < 4.78 is 36.5. The predicted octanol–water partition coefficient (Wildman–Crippen LogP) is 3.49. The summed E-state index contributed by atoms with van der Waals surface area (Å²) in [6, 6.07) is 19.6. The molecule has 0 aliphatic carbocycles. The molecular formula is C25H28N2O6S. The number of nitrogens with one attached hydrogen (secondary N) is 2. The Morgan fingerprint density at radius 1 is 0.971 bits per heavy atom. The molecule has 8 nitrogen and oxygen atoms in total. The largest absolute Gasteiger partial charge is 0.506 e. The van der Waals surface area contributed by atoms with Crippen LogP contribution in [-0.2, 0) is 16.4 Å². The van der Waals surface area contributed by atoms with E-state index >= 15 is 0 Å². The third-order valence-electron chi connectivity index (χ3n) is 5.68. The summed E-state index contributed by atoms with van der Waals surface area (Å²) in [5, 5.41) is 24.6. The fraction of sp³-hybridized carbons (Fsp3) is 0.280. The lowest BCUT2D eigenvalue weighted by Gasteiger charge is -2.28. The lowest BCUT2D eigenvalue weighted by atomic mass is 9.95. The lowest BCUT2D eigenvalue weighted by Crippen LogP contribution is -2.36. The van der Waals surface area contributed by atoms with Crippen LogP contribution in [0, 0.1) is 0 Å². The number of fused-ring (bicyclic) bond motifs is 1. The molecule has 0 saturated carbocycles. The molecule has 1 heterocycles. The summed E-state index contributed by atoms with van der Waals surface area (Å²) in [5.74, 6) is 1.16. The van der Waals surface area contributed by atoms with Crippen molar-refractivity contribution in [1.82, 2.24) is 5.32 Å². The van der Waals surface area contributed by atoms with E-state index in [0.29, 0.717) is 23.5 Å². The van der Waals surface area contributed by atoms with Gasteiger partial charge in [0.2, 0.25) is 16.8 Å². The maximum Gasteiger partial charge on any atom is 0.231 e. The monoisotopic (exact) mass is 484 g/mol. The van der Waals surface area contributed by atoms with Crippen LogP contribution in [0.5, 0.6) is 17.2 Å². The van der Waals surface area contributed by atoms with Crippen molar-refractivity contribution in [1.29, 1.82) is 0 Å². The Balaban J connectivity index is 1.57. The zero-order valence-electron chi connectivity index (χ0n) is 18.9.